The number of fused-ring (bicyclic) bond motifs is 1. The van der Waals surface area contributed by atoms with Gasteiger partial charge in [0.25, 0.3) is 5.56 Å². The number of aryl methyl sites for hydroxylation is 2. The summed E-state index contributed by atoms with van der Waals surface area (Å²) in [5, 5.41) is 9.45. The molecule has 0 radical (unpaired) electrons. The fraction of sp³-hybridized carbons (Fsp3) is 0.308. The average molecular weight is 276 g/mol. The van der Waals surface area contributed by atoms with Crippen molar-refractivity contribution in [2.45, 2.75) is 26.8 Å². The van der Waals surface area contributed by atoms with Crippen molar-refractivity contribution in [3.8, 4) is 11.8 Å². The lowest BCUT2D eigenvalue weighted by Gasteiger charge is -2.02. The zero-order valence-corrected chi connectivity index (χ0v) is 11.4. The summed E-state index contributed by atoms with van der Waals surface area (Å²) in [6, 6.07) is 0. The molecule has 0 atom stereocenters. The number of carboxylic acids is 1. The van der Waals surface area contributed by atoms with E-state index in [0.29, 0.717) is 28.7 Å². The zero-order valence-electron chi connectivity index (χ0n) is 10.6. The number of aromatic nitrogens is 2. The van der Waals surface area contributed by atoms with Crippen molar-refractivity contribution in [1.82, 2.24) is 9.55 Å². The molecule has 6 heteroatoms. The third-order valence-electron chi connectivity index (χ3n) is 2.77. The van der Waals surface area contributed by atoms with Crippen molar-refractivity contribution in [2.75, 3.05) is 0 Å². The molecule has 0 unspecified atom stereocenters. The van der Waals surface area contributed by atoms with Crippen LogP contribution in [0.25, 0.3) is 10.2 Å². The van der Waals surface area contributed by atoms with Gasteiger partial charge in [0.2, 0.25) is 0 Å². The van der Waals surface area contributed by atoms with Crippen molar-refractivity contribution >= 4 is 27.5 Å². The number of carbonyl (C=O) groups is 1. The highest BCUT2D eigenvalue weighted by molar-refractivity contribution is 7.20. The SMILES string of the molecule is CC#CCCn1cnc2sc(C(=O)O)c(C)c2c1=O. The largest absolute Gasteiger partial charge is 0.477 e. The first-order valence-corrected chi connectivity index (χ1v) is 6.49. The summed E-state index contributed by atoms with van der Waals surface area (Å²) in [5.74, 6) is 4.62. The van der Waals surface area contributed by atoms with Gasteiger partial charge < -0.3 is 5.11 Å². The minimum Gasteiger partial charge on any atom is -0.477 e. The highest BCUT2D eigenvalue weighted by Crippen LogP contribution is 2.26. The van der Waals surface area contributed by atoms with Crippen LogP contribution >= 0.6 is 11.3 Å². The first kappa shape index (κ1) is 13.3. The van der Waals surface area contributed by atoms with Gasteiger partial charge in [-0.1, -0.05) is 0 Å². The molecule has 2 heterocycles. The monoisotopic (exact) mass is 276 g/mol. The Morgan fingerprint density at radius 3 is 2.95 bits per heavy atom. The number of hydrogen-bond acceptors (Lipinski definition) is 4. The van der Waals surface area contributed by atoms with Crippen molar-refractivity contribution in [3.05, 3.63) is 27.1 Å². The zero-order chi connectivity index (χ0) is 14.0. The van der Waals surface area contributed by atoms with Gasteiger partial charge in [0, 0.05) is 13.0 Å². The van der Waals surface area contributed by atoms with Gasteiger partial charge >= 0.3 is 5.97 Å². The second-order valence-corrected chi connectivity index (χ2v) is 4.96. The maximum absolute atomic E-state index is 12.3. The third kappa shape index (κ3) is 2.37. The van der Waals surface area contributed by atoms with E-state index in [1.165, 1.54) is 10.9 Å². The van der Waals surface area contributed by atoms with Crippen LogP contribution in [0, 0.1) is 18.8 Å². The molecule has 5 nitrogen and oxygen atoms in total. The number of carboxylic acid groups (broad SMARTS) is 1. The maximum atomic E-state index is 12.3. The van der Waals surface area contributed by atoms with Crippen LogP contribution in [0.1, 0.15) is 28.6 Å². The molecule has 0 aliphatic carbocycles. The molecule has 0 saturated heterocycles. The number of thiophene rings is 1. The fourth-order valence-electron chi connectivity index (χ4n) is 1.82. The molecule has 2 aromatic heterocycles. The van der Waals surface area contributed by atoms with Gasteiger partial charge in [0.05, 0.1) is 11.7 Å². The Morgan fingerprint density at radius 1 is 1.58 bits per heavy atom. The van der Waals surface area contributed by atoms with Crippen molar-refractivity contribution in [2.24, 2.45) is 0 Å². The van der Waals surface area contributed by atoms with E-state index in [-0.39, 0.29) is 10.4 Å². The van der Waals surface area contributed by atoms with Crippen LogP contribution < -0.4 is 5.56 Å². The topological polar surface area (TPSA) is 72.2 Å². The lowest BCUT2D eigenvalue weighted by molar-refractivity contribution is 0.0701. The molecule has 98 valence electrons. The van der Waals surface area contributed by atoms with E-state index in [1.807, 2.05) is 0 Å². The number of aromatic carboxylic acids is 1. The predicted molar refractivity (Wildman–Crippen MR) is 73.6 cm³/mol. The second-order valence-electron chi connectivity index (χ2n) is 3.96. The lowest BCUT2D eigenvalue weighted by Crippen LogP contribution is -2.20. The van der Waals surface area contributed by atoms with Crippen LogP contribution in [0.5, 0.6) is 0 Å². The van der Waals surface area contributed by atoms with Gasteiger partial charge in [-0.3, -0.25) is 9.36 Å². The van der Waals surface area contributed by atoms with Crippen molar-refractivity contribution < 1.29 is 9.90 Å². The number of hydrogen-bond donors (Lipinski definition) is 1. The van der Waals surface area contributed by atoms with E-state index in [4.69, 9.17) is 5.11 Å². The van der Waals surface area contributed by atoms with Crippen LogP contribution in [-0.4, -0.2) is 20.6 Å². The van der Waals surface area contributed by atoms with Gasteiger partial charge in [-0.05, 0) is 19.4 Å². The lowest BCUT2D eigenvalue weighted by atomic mass is 10.2. The van der Waals surface area contributed by atoms with Gasteiger partial charge in [-0.15, -0.1) is 23.2 Å². The minimum atomic E-state index is -1.02. The number of nitrogens with zero attached hydrogens (tertiary/aromatic N) is 2. The molecule has 0 aliphatic heterocycles. The predicted octanol–water partition coefficient (Wildman–Crippen LogP) is 1.88. The normalized spacial score (nSPS) is 10.2. The Morgan fingerprint density at radius 2 is 2.32 bits per heavy atom. The van der Waals surface area contributed by atoms with E-state index in [0.717, 1.165) is 11.3 Å². The van der Waals surface area contributed by atoms with Crippen LogP contribution in [0.15, 0.2) is 11.1 Å². The van der Waals surface area contributed by atoms with E-state index >= 15 is 0 Å². The van der Waals surface area contributed by atoms with Crippen molar-refractivity contribution in [3.63, 3.8) is 0 Å². The molecular formula is C13H12N2O3S. The standard InChI is InChI=1S/C13H12N2O3S/c1-3-4-5-6-15-7-14-11-9(12(15)16)8(2)10(19-11)13(17)18/h7H,5-6H2,1-2H3,(H,17,18). The molecule has 1 N–H and O–H groups in total. The molecule has 0 fully saturated rings. The molecule has 2 rings (SSSR count). The molecule has 0 amide bonds. The van der Waals surface area contributed by atoms with Gasteiger partial charge in [-0.2, -0.15) is 0 Å². The fourth-order valence-corrected chi connectivity index (χ4v) is 2.80. The maximum Gasteiger partial charge on any atom is 0.346 e. The van der Waals surface area contributed by atoms with Crippen LogP contribution in [0.2, 0.25) is 0 Å². The number of rotatable bonds is 3. The summed E-state index contributed by atoms with van der Waals surface area (Å²) in [7, 11) is 0. The Labute approximate surface area is 113 Å². The highest BCUT2D eigenvalue weighted by Gasteiger charge is 2.18. The van der Waals surface area contributed by atoms with Gasteiger partial charge in [0.15, 0.2) is 0 Å². The summed E-state index contributed by atoms with van der Waals surface area (Å²) in [4.78, 5) is 28.1. The molecule has 0 bridgehead atoms. The molecule has 19 heavy (non-hydrogen) atoms. The highest BCUT2D eigenvalue weighted by atomic mass is 32.1. The van der Waals surface area contributed by atoms with E-state index < -0.39 is 5.97 Å². The van der Waals surface area contributed by atoms with E-state index in [9.17, 15) is 9.59 Å². The van der Waals surface area contributed by atoms with Crippen LogP contribution in [0.3, 0.4) is 0 Å². The van der Waals surface area contributed by atoms with Crippen LogP contribution in [-0.2, 0) is 6.54 Å². The smallest absolute Gasteiger partial charge is 0.346 e. The Balaban J connectivity index is 2.57. The second kappa shape index (κ2) is 5.24. The van der Waals surface area contributed by atoms with E-state index in [1.54, 1.807) is 13.8 Å². The summed E-state index contributed by atoms with van der Waals surface area (Å²) in [6.45, 7) is 3.84. The Kier molecular flexibility index (Phi) is 3.67. The summed E-state index contributed by atoms with van der Waals surface area (Å²) < 4.78 is 1.47. The Hall–Kier alpha value is -2.13. The molecule has 0 saturated carbocycles. The molecule has 0 aliphatic rings. The van der Waals surface area contributed by atoms with Crippen molar-refractivity contribution in [1.29, 1.82) is 0 Å². The molecule has 2 aromatic rings. The first-order chi connectivity index (χ1) is 9.06. The van der Waals surface area contributed by atoms with E-state index in [2.05, 4.69) is 16.8 Å². The van der Waals surface area contributed by atoms with Gasteiger partial charge in [-0.25, -0.2) is 9.78 Å². The molecular weight excluding hydrogens is 264 g/mol. The first-order valence-electron chi connectivity index (χ1n) is 5.67. The quantitative estimate of drug-likeness (QED) is 0.869. The molecule has 0 aromatic carbocycles. The van der Waals surface area contributed by atoms with Crippen LogP contribution in [0.4, 0.5) is 0 Å². The molecule has 0 spiro atoms. The summed E-state index contributed by atoms with van der Waals surface area (Å²) >= 11 is 1.03. The summed E-state index contributed by atoms with van der Waals surface area (Å²) in [6.07, 6.45) is 2.02. The third-order valence-corrected chi connectivity index (χ3v) is 3.95. The average Bonchev–Trinajstić information content (AvgIpc) is 2.71. The van der Waals surface area contributed by atoms with Gasteiger partial charge in [0.1, 0.15) is 9.71 Å². The minimum absolute atomic E-state index is 0.172. The summed E-state index contributed by atoms with van der Waals surface area (Å²) in [5.41, 5.74) is 0.282. The Bertz CT molecular complexity index is 762.